The van der Waals surface area contributed by atoms with Gasteiger partial charge in [-0.3, -0.25) is 0 Å². The molecule has 114 valence electrons. The maximum atomic E-state index is 10.9. The molecule has 7 heteroatoms. The first-order valence-corrected chi connectivity index (χ1v) is 7.38. The van der Waals surface area contributed by atoms with E-state index in [1.165, 1.54) is 0 Å². The van der Waals surface area contributed by atoms with Crippen LogP contribution in [-0.4, -0.2) is 40.1 Å². The number of aromatic nitrogens is 1. The molecule has 0 unspecified atom stereocenters. The number of H-pyrrole nitrogens is 1. The van der Waals surface area contributed by atoms with Gasteiger partial charge in [-0.25, -0.2) is 4.79 Å². The van der Waals surface area contributed by atoms with Crippen LogP contribution in [0.15, 0.2) is 17.7 Å². The first-order chi connectivity index (χ1) is 9.66. The van der Waals surface area contributed by atoms with Crippen LogP contribution >= 0.6 is 12.6 Å². The smallest absolute Gasteiger partial charge is 0.477 e. The second-order valence-electron chi connectivity index (χ2n) is 6.12. The van der Waals surface area contributed by atoms with Crippen LogP contribution in [0.3, 0.4) is 0 Å². The third-order valence-corrected chi connectivity index (χ3v) is 4.39. The van der Waals surface area contributed by atoms with Crippen LogP contribution in [0.4, 0.5) is 0 Å². The zero-order chi connectivity index (χ0) is 15.8. The highest BCUT2D eigenvalue weighted by Gasteiger charge is 2.52. The van der Waals surface area contributed by atoms with Crippen LogP contribution in [0, 0.1) is 0 Å². The number of aromatic amines is 1. The van der Waals surface area contributed by atoms with Crippen molar-refractivity contribution in [3.05, 3.63) is 29.0 Å². The number of aromatic carboxylic acids is 1. The van der Waals surface area contributed by atoms with Crippen LogP contribution in [-0.2, 0) is 9.31 Å². The molecule has 2 N–H and O–H groups in total. The molecule has 1 aromatic heterocycles. The van der Waals surface area contributed by atoms with Crippen LogP contribution in [0.5, 0.6) is 0 Å². The predicted molar refractivity (Wildman–Crippen MR) is 85.7 cm³/mol. The SMILES string of the molecule is CC1(C)OB(C(=Cc2c[nH]c(C(=O)O)c2)CS)OC1(C)C. The van der Waals surface area contributed by atoms with Crippen LogP contribution < -0.4 is 0 Å². The fraction of sp³-hybridized carbons (Fsp3) is 0.500. The summed E-state index contributed by atoms with van der Waals surface area (Å²) >= 11 is 4.33. The predicted octanol–water partition coefficient (Wildman–Crippen LogP) is 2.66. The summed E-state index contributed by atoms with van der Waals surface area (Å²) in [5, 5.41) is 8.92. The lowest BCUT2D eigenvalue weighted by Gasteiger charge is -2.32. The maximum absolute atomic E-state index is 10.9. The lowest BCUT2D eigenvalue weighted by molar-refractivity contribution is 0.00578. The number of carbonyl (C=O) groups is 1. The minimum atomic E-state index is -0.988. The largest absolute Gasteiger partial charge is 0.491 e. The molecule has 1 aliphatic rings. The highest BCUT2D eigenvalue weighted by atomic mass is 32.1. The Morgan fingerprint density at radius 1 is 1.38 bits per heavy atom. The van der Waals surface area contributed by atoms with E-state index in [-0.39, 0.29) is 5.69 Å². The lowest BCUT2D eigenvalue weighted by Crippen LogP contribution is -2.41. The summed E-state index contributed by atoms with van der Waals surface area (Å²) < 4.78 is 12.0. The second kappa shape index (κ2) is 5.55. The van der Waals surface area contributed by atoms with Gasteiger partial charge < -0.3 is 19.4 Å². The Hall–Kier alpha value is -1.18. The van der Waals surface area contributed by atoms with Crippen molar-refractivity contribution in [2.24, 2.45) is 0 Å². The summed E-state index contributed by atoms with van der Waals surface area (Å²) in [6.45, 7) is 7.95. The van der Waals surface area contributed by atoms with E-state index >= 15 is 0 Å². The standard InChI is InChI=1S/C14H20BNO4S/c1-13(2)14(3,4)20-15(19-13)10(8-21)5-9-6-11(12(17)18)16-7-9/h5-7,16,21H,8H2,1-4H3,(H,17,18). The number of carboxylic acids is 1. The molecule has 0 atom stereocenters. The summed E-state index contributed by atoms with van der Waals surface area (Å²) in [5.41, 5.74) is 0.932. The third-order valence-electron chi connectivity index (χ3n) is 4.03. The van der Waals surface area contributed by atoms with E-state index in [1.807, 2.05) is 33.8 Å². The molecule has 1 fully saturated rings. The van der Waals surface area contributed by atoms with Crippen molar-refractivity contribution >= 4 is 31.8 Å². The second-order valence-corrected chi connectivity index (χ2v) is 6.43. The number of nitrogens with one attached hydrogen (secondary N) is 1. The first-order valence-electron chi connectivity index (χ1n) is 6.75. The van der Waals surface area contributed by atoms with Gasteiger partial charge in [0.2, 0.25) is 0 Å². The Kier molecular flexibility index (Phi) is 4.28. The maximum Gasteiger partial charge on any atom is 0.491 e. The molecule has 0 bridgehead atoms. The van der Waals surface area contributed by atoms with Gasteiger partial charge in [-0.2, -0.15) is 12.6 Å². The monoisotopic (exact) mass is 309 g/mol. The van der Waals surface area contributed by atoms with Crippen molar-refractivity contribution in [1.29, 1.82) is 0 Å². The molecular weight excluding hydrogens is 289 g/mol. The van der Waals surface area contributed by atoms with Crippen molar-refractivity contribution in [3.8, 4) is 0 Å². The Bertz CT molecular complexity index is 563. The molecule has 2 rings (SSSR count). The average Bonchev–Trinajstić information content (AvgIpc) is 2.90. The molecule has 0 spiro atoms. The molecule has 1 aliphatic heterocycles. The van der Waals surface area contributed by atoms with Gasteiger partial charge in [-0.05, 0) is 44.8 Å². The molecule has 0 aromatic carbocycles. The van der Waals surface area contributed by atoms with Gasteiger partial charge in [0, 0.05) is 11.9 Å². The van der Waals surface area contributed by atoms with E-state index in [0.29, 0.717) is 5.75 Å². The van der Waals surface area contributed by atoms with Gasteiger partial charge in [0.15, 0.2) is 0 Å². The van der Waals surface area contributed by atoms with Crippen molar-refractivity contribution in [2.45, 2.75) is 38.9 Å². The lowest BCUT2D eigenvalue weighted by atomic mass is 9.78. The topological polar surface area (TPSA) is 71.6 Å². The van der Waals surface area contributed by atoms with E-state index in [2.05, 4.69) is 17.6 Å². The molecule has 0 radical (unpaired) electrons. The molecule has 0 saturated carbocycles. The summed E-state index contributed by atoms with van der Waals surface area (Å²) in [4.78, 5) is 13.6. The normalized spacial score (nSPS) is 20.8. The van der Waals surface area contributed by atoms with E-state index < -0.39 is 24.3 Å². The average molecular weight is 309 g/mol. The van der Waals surface area contributed by atoms with Crippen molar-refractivity contribution < 1.29 is 19.2 Å². The summed E-state index contributed by atoms with van der Waals surface area (Å²) in [6, 6.07) is 1.57. The Morgan fingerprint density at radius 3 is 2.38 bits per heavy atom. The summed E-state index contributed by atoms with van der Waals surface area (Å²) in [7, 11) is -0.476. The number of hydrogen-bond donors (Lipinski definition) is 3. The molecule has 0 aliphatic carbocycles. The number of thiol groups is 1. The fourth-order valence-corrected chi connectivity index (χ4v) is 2.25. The molecule has 21 heavy (non-hydrogen) atoms. The number of rotatable bonds is 4. The van der Waals surface area contributed by atoms with Crippen molar-refractivity contribution in [3.63, 3.8) is 0 Å². The molecule has 5 nitrogen and oxygen atoms in total. The minimum absolute atomic E-state index is 0.147. The summed E-state index contributed by atoms with van der Waals surface area (Å²) in [6.07, 6.45) is 3.48. The Balaban J connectivity index is 2.24. The molecule has 1 saturated heterocycles. The van der Waals surface area contributed by atoms with Crippen LogP contribution in [0.25, 0.3) is 6.08 Å². The third kappa shape index (κ3) is 3.20. The van der Waals surface area contributed by atoms with Gasteiger partial charge in [0.1, 0.15) is 5.69 Å². The number of carboxylic acid groups (broad SMARTS) is 1. The number of hydrogen-bond acceptors (Lipinski definition) is 4. The van der Waals surface area contributed by atoms with Gasteiger partial charge in [0.25, 0.3) is 0 Å². The first kappa shape index (κ1) is 16.2. The summed E-state index contributed by atoms with van der Waals surface area (Å²) in [5.74, 6) is -0.526. The van der Waals surface area contributed by atoms with Gasteiger partial charge in [-0.15, -0.1) is 0 Å². The zero-order valence-corrected chi connectivity index (χ0v) is 13.5. The Labute approximate surface area is 130 Å². The van der Waals surface area contributed by atoms with Gasteiger partial charge in [-0.1, -0.05) is 6.08 Å². The quantitative estimate of drug-likeness (QED) is 0.591. The molecular formula is C14H20BNO4S. The molecule has 0 amide bonds. The fourth-order valence-electron chi connectivity index (χ4n) is 2.01. The van der Waals surface area contributed by atoms with Crippen LogP contribution in [0.2, 0.25) is 0 Å². The van der Waals surface area contributed by atoms with E-state index in [0.717, 1.165) is 11.0 Å². The Morgan fingerprint density at radius 2 is 1.95 bits per heavy atom. The van der Waals surface area contributed by atoms with E-state index in [4.69, 9.17) is 14.4 Å². The highest BCUT2D eigenvalue weighted by Crippen LogP contribution is 2.39. The van der Waals surface area contributed by atoms with E-state index in [1.54, 1.807) is 12.3 Å². The molecule has 1 aromatic rings. The zero-order valence-electron chi connectivity index (χ0n) is 12.6. The van der Waals surface area contributed by atoms with Gasteiger partial charge >= 0.3 is 13.1 Å². The minimum Gasteiger partial charge on any atom is -0.477 e. The highest BCUT2D eigenvalue weighted by molar-refractivity contribution is 7.80. The molecule has 2 heterocycles. The van der Waals surface area contributed by atoms with Crippen LogP contribution in [0.1, 0.15) is 43.7 Å². The van der Waals surface area contributed by atoms with Gasteiger partial charge in [0.05, 0.1) is 11.2 Å². The van der Waals surface area contributed by atoms with Crippen molar-refractivity contribution in [1.82, 2.24) is 4.98 Å². The van der Waals surface area contributed by atoms with Crippen molar-refractivity contribution in [2.75, 3.05) is 5.75 Å². The van der Waals surface area contributed by atoms with E-state index in [9.17, 15) is 4.79 Å².